The average Bonchev–Trinajstić information content (AvgIpc) is 3.20. The van der Waals surface area contributed by atoms with Gasteiger partial charge in [-0.15, -0.1) is 11.3 Å². The molecule has 3 rings (SSSR count). The van der Waals surface area contributed by atoms with Gasteiger partial charge in [0.2, 0.25) is 5.91 Å². The predicted molar refractivity (Wildman–Crippen MR) is 110 cm³/mol. The summed E-state index contributed by atoms with van der Waals surface area (Å²) in [4.78, 5) is 29.7. The van der Waals surface area contributed by atoms with Crippen LogP contribution in [0.25, 0.3) is 0 Å². The van der Waals surface area contributed by atoms with Crippen molar-refractivity contribution in [1.82, 2.24) is 4.98 Å². The van der Waals surface area contributed by atoms with Crippen molar-refractivity contribution < 1.29 is 37.3 Å². The maximum atomic E-state index is 13.0. The summed E-state index contributed by atoms with van der Waals surface area (Å²) in [6.45, 7) is 0.924. The number of methoxy groups -OCH3 is 1. The first-order valence-corrected chi connectivity index (χ1v) is 9.95. The number of aromatic nitrogens is 1. The molecule has 0 spiro atoms. The Bertz CT molecular complexity index is 1150. The molecule has 0 saturated carbocycles. The maximum absolute atomic E-state index is 13.0. The van der Waals surface area contributed by atoms with Gasteiger partial charge in [0.05, 0.1) is 24.1 Å². The van der Waals surface area contributed by atoms with Crippen LogP contribution in [0, 0.1) is 0 Å². The van der Waals surface area contributed by atoms with Crippen LogP contribution in [0.15, 0.2) is 47.8 Å². The van der Waals surface area contributed by atoms with Crippen LogP contribution < -0.4 is 9.64 Å². The van der Waals surface area contributed by atoms with E-state index in [9.17, 15) is 27.9 Å². The van der Waals surface area contributed by atoms with Gasteiger partial charge in [0.15, 0.2) is 16.6 Å². The number of halogens is 3. The molecule has 32 heavy (non-hydrogen) atoms. The Hall–Kier alpha value is -3.60. The maximum Gasteiger partial charge on any atom is 0.416 e. The summed E-state index contributed by atoms with van der Waals surface area (Å²) in [5.41, 5.74) is -0.718. The van der Waals surface area contributed by atoms with E-state index in [1.54, 1.807) is 0 Å². The van der Waals surface area contributed by atoms with Gasteiger partial charge in [-0.3, -0.25) is 9.69 Å². The Morgan fingerprint density at radius 1 is 1.19 bits per heavy atom. The number of alkyl halides is 3. The monoisotopic (exact) mass is 466 g/mol. The van der Waals surface area contributed by atoms with Gasteiger partial charge in [-0.2, -0.15) is 13.2 Å². The van der Waals surface area contributed by atoms with Gasteiger partial charge in [-0.1, -0.05) is 12.1 Å². The molecule has 1 aromatic heterocycles. The van der Waals surface area contributed by atoms with Crippen LogP contribution in [-0.2, 0) is 22.3 Å². The zero-order valence-corrected chi connectivity index (χ0v) is 17.7. The van der Waals surface area contributed by atoms with Crippen LogP contribution in [0.4, 0.5) is 24.0 Å². The summed E-state index contributed by atoms with van der Waals surface area (Å²) < 4.78 is 49.2. The molecule has 0 aliphatic carbocycles. The summed E-state index contributed by atoms with van der Waals surface area (Å²) in [6.07, 6.45) is -4.56. The van der Waals surface area contributed by atoms with E-state index in [4.69, 9.17) is 9.47 Å². The second-order valence-electron chi connectivity index (χ2n) is 6.46. The Morgan fingerprint density at radius 2 is 1.91 bits per heavy atom. The molecule has 11 heteroatoms. The highest BCUT2D eigenvalue weighted by molar-refractivity contribution is 7.14. The fourth-order valence-corrected chi connectivity index (χ4v) is 3.65. The van der Waals surface area contributed by atoms with Crippen molar-refractivity contribution in [3.05, 3.63) is 64.7 Å². The average molecular weight is 466 g/mol. The number of hydrogen-bond acceptors (Lipinski definition) is 7. The summed E-state index contributed by atoms with van der Waals surface area (Å²) in [6, 6.07) is 8.67. The third-order valence-corrected chi connectivity index (χ3v) is 5.14. The van der Waals surface area contributed by atoms with E-state index < -0.39 is 23.6 Å². The van der Waals surface area contributed by atoms with E-state index in [0.29, 0.717) is 0 Å². The summed E-state index contributed by atoms with van der Waals surface area (Å²) in [5.74, 6) is -1.62. The number of para-hydroxylation sites is 1. The SMILES string of the molecule is COc1cccc(C(=O)OCc2csc(N(C(C)=O)c3cccc(C(F)(F)F)c3)n2)c1O. The van der Waals surface area contributed by atoms with Crippen LogP contribution in [0.3, 0.4) is 0 Å². The van der Waals surface area contributed by atoms with Crippen molar-refractivity contribution in [1.29, 1.82) is 0 Å². The number of rotatable bonds is 6. The lowest BCUT2D eigenvalue weighted by atomic mass is 10.2. The van der Waals surface area contributed by atoms with Gasteiger partial charge in [-0.05, 0) is 30.3 Å². The first-order valence-electron chi connectivity index (χ1n) is 9.07. The minimum atomic E-state index is -4.56. The van der Waals surface area contributed by atoms with Gasteiger partial charge < -0.3 is 14.6 Å². The molecular weight excluding hydrogens is 449 g/mol. The van der Waals surface area contributed by atoms with Gasteiger partial charge in [0.25, 0.3) is 0 Å². The lowest BCUT2D eigenvalue weighted by Gasteiger charge is -2.19. The predicted octanol–water partition coefficient (Wildman–Crippen LogP) is 4.92. The Labute approximate surface area is 184 Å². The topological polar surface area (TPSA) is 89.0 Å². The number of carbonyl (C=O) groups is 2. The fourth-order valence-electron chi connectivity index (χ4n) is 2.78. The second-order valence-corrected chi connectivity index (χ2v) is 7.29. The number of carbonyl (C=O) groups excluding carboxylic acids is 2. The van der Waals surface area contributed by atoms with Crippen molar-refractivity contribution >= 4 is 34.0 Å². The third kappa shape index (κ3) is 4.99. The van der Waals surface area contributed by atoms with E-state index in [0.717, 1.165) is 28.4 Å². The molecule has 1 heterocycles. The van der Waals surface area contributed by atoms with Crippen molar-refractivity contribution in [3.8, 4) is 11.5 Å². The molecule has 0 saturated heterocycles. The number of hydrogen-bond donors (Lipinski definition) is 1. The number of anilines is 2. The highest BCUT2D eigenvalue weighted by Crippen LogP contribution is 2.35. The first kappa shape index (κ1) is 23.1. The molecule has 0 atom stereocenters. The standard InChI is InChI=1S/C21H17F3N2O5S/c1-12(27)26(15-6-3-5-13(9-15)21(22,23)24)20-25-14(11-32-20)10-31-19(29)16-7-4-8-17(30-2)18(16)28/h3-9,11,28H,10H2,1-2H3. The molecule has 0 fully saturated rings. The van der Waals surface area contributed by atoms with Gasteiger partial charge in [0, 0.05) is 12.3 Å². The first-order chi connectivity index (χ1) is 15.1. The van der Waals surface area contributed by atoms with Crippen LogP contribution in [-0.4, -0.2) is 29.1 Å². The highest BCUT2D eigenvalue weighted by atomic mass is 32.1. The quantitative estimate of drug-likeness (QED) is 0.519. The Kier molecular flexibility index (Phi) is 6.68. The molecule has 1 N–H and O–H groups in total. The van der Waals surface area contributed by atoms with Crippen LogP contribution in [0.1, 0.15) is 28.5 Å². The molecule has 0 bridgehead atoms. The van der Waals surface area contributed by atoms with Crippen molar-refractivity contribution in [2.24, 2.45) is 0 Å². The Balaban J connectivity index is 1.78. The van der Waals surface area contributed by atoms with Crippen LogP contribution in [0.5, 0.6) is 11.5 Å². The molecular formula is C21H17F3N2O5S. The summed E-state index contributed by atoms with van der Waals surface area (Å²) in [5, 5.41) is 11.7. The number of ether oxygens (including phenoxy) is 2. The molecule has 1 amide bonds. The molecule has 0 unspecified atom stereocenters. The van der Waals surface area contributed by atoms with Gasteiger partial charge >= 0.3 is 12.1 Å². The van der Waals surface area contributed by atoms with E-state index in [-0.39, 0.29) is 40.2 Å². The van der Waals surface area contributed by atoms with Crippen molar-refractivity contribution in [2.45, 2.75) is 19.7 Å². The summed E-state index contributed by atoms with van der Waals surface area (Å²) in [7, 11) is 1.34. The number of esters is 1. The lowest BCUT2D eigenvalue weighted by Crippen LogP contribution is -2.23. The number of benzene rings is 2. The van der Waals surface area contributed by atoms with Gasteiger partial charge in [0.1, 0.15) is 12.2 Å². The molecule has 168 valence electrons. The fraction of sp³-hybridized carbons (Fsp3) is 0.190. The zero-order chi connectivity index (χ0) is 23.5. The number of amides is 1. The van der Waals surface area contributed by atoms with E-state index in [2.05, 4.69) is 4.98 Å². The number of aromatic hydroxyl groups is 1. The Morgan fingerprint density at radius 3 is 2.56 bits per heavy atom. The number of thiazole rings is 1. The molecule has 2 aromatic carbocycles. The van der Waals surface area contributed by atoms with Gasteiger partial charge in [-0.25, -0.2) is 9.78 Å². The zero-order valence-electron chi connectivity index (χ0n) is 16.8. The van der Waals surface area contributed by atoms with E-state index in [1.807, 2.05) is 0 Å². The molecule has 0 aliphatic rings. The van der Waals surface area contributed by atoms with E-state index >= 15 is 0 Å². The van der Waals surface area contributed by atoms with E-state index in [1.165, 1.54) is 49.7 Å². The smallest absolute Gasteiger partial charge is 0.416 e. The number of nitrogens with zero attached hydrogens (tertiary/aromatic N) is 2. The lowest BCUT2D eigenvalue weighted by molar-refractivity contribution is -0.137. The second kappa shape index (κ2) is 9.27. The van der Waals surface area contributed by atoms with Crippen molar-refractivity contribution in [3.63, 3.8) is 0 Å². The summed E-state index contributed by atoms with van der Waals surface area (Å²) >= 11 is 1.00. The number of phenolic OH excluding ortho intramolecular Hbond substituents is 1. The molecule has 0 aliphatic heterocycles. The third-order valence-electron chi connectivity index (χ3n) is 4.27. The number of phenols is 1. The largest absolute Gasteiger partial charge is 0.504 e. The van der Waals surface area contributed by atoms with Crippen LogP contribution in [0.2, 0.25) is 0 Å². The minimum absolute atomic E-state index is 0.00604. The minimum Gasteiger partial charge on any atom is -0.504 e. The molecule has 3 aromatic rings. The normalized spacial score (nSPS) is 11.2. The highest BCUT2D eigenvalue weighted by Gasteiger charge is 2.31. The molecule has 7 nitrogen and oxygen atoms in total. The van der Waals surface area contributed by atoms with Crippen molar-refractivity contribution in [2.75, 3.05) is 12.0 Å². The molecule has 0 radical (unpaired) electrons. The van der Waals surface area contributed by atoms with Crippen LogP contribution >= 0.6 is 11.3 Å².